The van der Waals surface area contributed by atoms with Gasteiger partial charge in [-0.15, -0.1) is 0 Å². The molecule has 2 heterocycles. The van der Waals surface area contributed by atoms with E-state index in [0.29, 0.717) is 48.2 Å². The lowest BCUT2D eigenvalue weighted by Crippen LogP contribution is -2.50. The average Bonchev–Trinajstić information content (AvgIpc) is 3.63. The van der Waals surface area contributed by atoms with Gasteiger partial charge in [0, 0.05) is 17.3 Å². The van der Waals surface area contributed by atoms with E-state index in [4.69, 9.17) is 20.4 Å². The first-order valence-corrected chi connectivity index (χ1v) is 12.7. The number of nitrogens with two attached hydrogens (primary N) is 1. The summed E-state index contributed by atoms with van der Waals surface area (Å²) in [6.45, 7) is 5.37. The number of nitrogens with zero attached hydrogens (tertiary/aromatic N) is 3. The minimum Gasteiger partial charge on any atom is -0.399 e. The highest BCUT2D eigenvalue weighted by Gasteiger charge is 2.58. The summed E-state index contributed by atoms with van der Waals surface area (Å²) in [6, 6.07) is 18.1. The van der Waals surface area contributed by atoms with Crippen LogP contribution in [0.1, 0.15) is 32.4 Å². The van der Waals surface area contributed by atoms with Crippen LogP contribution in [-0.2, 0) is 19.3 Å². The number of rotatable bonds is 5. The lowest BCUT2D eigenvalue weighted by molar-refractivity contribution is 0.0752. The number of morpholine rings is 1. The van der Waals surface area contributed by atoms with Gasteiger partial charge in [-0.25, -0.2) is 18.4 Å². The van der Waals surface area contributed by atoms with Gasteiger partial charge in [0.1, 0.15) is 10.6 Å². The molecule has 0 amide bonds. The molecule has 5 rings (SSSR count). The number of hydrogen-bond acceptors (Lipinski definition) is 7. The third-order valence-corrected chi connectivity index (χ3v) is 9.09. The van der Waals surface area contributed by atoms with Crippen molar-refractivity contribution in [1.29, 1.82) is 0 Å². The number of ether oxygens (including phenoxy) is 1. The Bertz CT molecular complexity index is 1250. The topological polar surface area (TPSA) is 98.4 Å². The molecule has 2 atom stereocenters. The number of sulfone groups is 1. The van der Waals surface area contributed by atoms with Crippen molar-refractivity contribution < 1.29 is 13.2 Å². The molecule has 1 aromatic heterocycles. The summed E-state index contributed by atoms with van der Waals surface area (Å²) >= 11 is 0. The van der Waals surface area contributed by atoms with E-state index in [9.17, 15) is 8.42 Å². The Kier molecular flexibility index (Phi) is 5.37. The molecule has 3 aromatic rings. The fourth-order valence-electron chi connectivity index (χ4n) is 4.62. The van der Waals surface area contributed by atoms with E-state index in [2.05, 4.69) is 18.7 Å². The van der Waals surface area contributed by atoms with Crippen LogP contribution < -0.4 is 10.6 Å². The van der Waals surface area contributed by atoms with E-state index in [1.807, 2.05) is 24.3 Å². The standard InChI is InChI=1S/C25H28N4O3S/c1-17-15-32-16-18(2)29(17)23-14-22(27-24(28-23)19-8-10-20(26)11-9-19)25(12-13-25)33(30,31)21-6-4-3-5-7-21/h3-11,14,17-18H,12-13,15-16,26H2,1-2H3/t17-,18-/m0/s1. The molecule has 33 heavy (non-hydrogen) atoms. The average molecular weight is 465 g/mol. The van der Waals surface area contributed by atoms with Crippen molar-refractivity contribution in [2.75, 3.05) is 23.8 Å². The van der Waals surface area contributed by atoms with Gasteiger partial charge in [0.25, 0.3) is 0 Å². The van der Waals surface area contributed by atoms with Crippen molar-refractivity contribution in [3.8, 4) is 11.4 Å². The summed E-state index contributed by atoms with van der Waals surface area (Å²) < 4.78 is 32.1. The molecule has 2 aromatic carbocycles. The fraction of sp³-hybridized carbons (Fsp3) is 0.360. The summed E-state index contributed by atoms with van der Waals surface area (Å²) in [6.07, 6.45) is 1.08. The summed E-state index contributed by atoms with van der Waals surface area (Å²) in [7, 11) is -3.61. The van der Waals surface area contributed by atoms with Gasteiger partial charge in [0.2, 0.25) is 0 Å². The molecule has 1 aliphatic carbocycles. The zero-order chi connectivity index (χ0) is 23.2. The number of anilines is 2. The van der Waals surface area contributed by atoms with Gasteiger partial charge in [-0.2, -0.15) is 0 Å². The number of hydrogen-bond donors (Lipinski definition) is 1. The molecule has 0 spiro atoms. The molecule has 0 unspecified atom stereocenters. The summed E-state index contributed by atoms with van der Waals surface area (Å²) in [5.74, 6) is 1.23. The van der Waals surface area contributed by atoms with Crippen LogP contribution >= 0.6 is 0 Å². The third-order valence-electron chi connectivity index (χ3n) is 6.55. The van der Waals surface area contributed by atoms with Crippen LogP contribution in [-0.4, -0.2) is 43.7 Å². The first-order valence-electron chi connectivity index (χ1n) is 11.2. The minimum atomic E-state index is -3.61. The highest BCUT2D eigenvalue weighted by Crippen LogP contribution is 2.55. The molecule has 0 radical (unpaired) electrons. The molecule has 2 N–H and O–H groups in total. The smallest absolute Gasteiger partial charge is 0.189 e. The molecule has 2 fully saturated rings. The highest BCUT2D eigenvalue weighted by atomic mass is 32.2. The van der Waals surface area contributed by atoms with Crippen LogP contribution in [0.15, 0.2) is 65.6 Å². The van der Waals surface area contributed by atoms with Crippen LogP contribution in [0, 0.1) is 0 Å². The van der Waals surface area contributed by atoms with Gasteiger partial charge in [0.05, 0.1) is 35.9 Å². The third kappa shape index (κ3) is 3.77. The second-order valence-electron chi connectivity index (χ2n) is 9.01. The van der Waals surface area contributed by atoms with Gasteiger partial charge < -0.3 is 15.4 Å². The molecule has 1 saturated carbocycles. The lowest BCUT2D eigenvalue weighted by Gasteiger charge is -2.40. The Hall–Kier alpha value is -2.97. The van der Waals surface area contributed by atoms with Crippen LogP contribution in [0.3, 0.4) is 0 Å². The van der Waals surface area contributed by atoms with E-state index in [-0.39, 0.29) is 12.1 Å². The Balaban J connectivity index is 1.67. The quantitative estimate of drug-likeness (QED) is 0.574. The molecular weight excluding hydrogens is 436 g/mol. The van der Waals surface area contributed by atoms with Gasteiger partial charge in [-0.3, -0.25) is 0 Å². The van der Waals surface area contributed by atoms with Crippen LogP contribution in [0.25, 0.3) is 11.4 Å². The summed E-state index contributed by atoms with van der Waals surface area (Å²) in [5, 5.41) is 0. The van der Waals surface area contributed by atoms with Crippen molar-refractivity contribution in [2.45, 2.75) is 48.4 Å². The molecule has 1 aliphatic heterocycles. The van der Waals surface area contributed by atoms with Crippen molar-refractivity contribution >= 4 is 21.3 Å². The number of aromatic nitrogens is 2. The van der Waals surface area contributed by atoms with E-state index in [0.717, 1.165) is 11.4 Å². The first-order chi connectivity index (χ1) is 15.8. The summed E-state index contributed by atoms with van der Waals surface area (Å²) in [5.41, 5.74) is 7.88. The van der Waals surface area contributed by atoms with E-state index >= 15 is 0 Å². The van der Waals surface area contributed by atoms with E-state index in [1.54, 1.807) is 36.4 Å². The maximum atomic E-state index is 13.7. The van der Waals surface area contributed by atoms with Crippen molar-refractivity contribution in [3.63, 3.8) is 0 Å². The Morgan fingerprint density at radius 3 is 2.21 bits per heavy atom. The zero-order valence-electron chi connectivity index (χ0n) is 18.8. The normalized spacial score (nSPS) is 22.2. The molecule has 8 heteroatoms. The Labute approximate surface area is 194 Å². The lowest BCUT2D eigenvalue weighted by atomic mass is 10.1. The highest BCUT2D eigenvalue weighted by molar-refractivity contribution is 7.92. The molecular formula is C25H28N4O3S. The number of nitrogen functional groups attached to an aromatic ring is 1. The maximum Gasteiger partial charge on any atom is 0.189 e. The predicted octanol–water partition coefficient (Wildman–Crippen LogP) is 3.80. The van der Waals surface area contributed by atoms with Crippen LogP contribution in [0.5, 0.6) is 0 Å². The molecule has 7 nitrogen and oxygen atoms in total. The van der Waals surface area contributed by atoms with Crippen molar-refractivity contribution in [3.05, 3.63) is 66.4 Å². The van der Waals surface area contributed by atoms with Gasteiger partial charge in [-0.1, -0.05) is 18.2 Å². The van der Waals surface area contributed by atoms with Gasteiger partial charge in [0.15, 0.2) is 15.7 Å². The van der Waals surface area contributed by atoms with Gasteiger partial charge in [-0.05, 0) is 63.1 Å². The van der Waals surface area contributed by atoms with Gasteiger partial charge >= 0.3 is 0 Å². The second-order valence-corrected chi connectivity index (χ2v) is 11.3. The molecule has 172 valence electrons. The number of benzene rings is 2. The van der Waals surface area contributed by atoms with Crippen LogP contribution in [0.4, 0.5) is 11.5 Å². The molecule has 0 bridgehead atoms. The predicted molar refractivity (Wildman–Crippen MR) is 129 cm³/mol. The Morgan fingerprint density at radius 2 is 1.61 bits per heavy atom. The minimum absolute atomic E-state index is 0.108. The largest absolute Gasteiger partial charge is 0.399 e. The SMILES string of the molecule is C[C@H]1COC[C@H](C)N1c1cc(C2(S(=O)(=O)c3ccccc3)CC2)nc(-c2ccc(N)cc2)n1. The first kappa shape index (κ1) is 21.9. The van der Waals surface area contributed by atoms with E-state index in [1.165, 1.54) is 0 Å². The maximum absolute atomic E-state index is 13.7. The second kappa shape index (κ2) is 8.11. The van der Waals surface area contributed by atoms with Crippen molar-refractivity contribution in [1.82, 2.24) is 9.97 Å². The van der Waals surface area contributed by atoms with Crippen molar-refractivity contribution in [2.24, 2.45) is 0 Å². The monoisotopic (exact) mass is 464 g/mol. The zero-order valence-corrected chi connectivity index (χ0v) is 19.6. The summed E-state index contributed by atoms with van der Waals surface area (Å²) in [4.78, 5) is 12.2. The van der Waals surface area contributed by atoms with Crippen LogP contribution in [0.2, 0.25) is 0 Å². The Morgan fingerprint density at radius 1 is 0.970 bits per heavy atom. The molecule has 2 aliphatic rings. The van der Waals surface area contributed by atoms with E-state index < -0.39 is 14.6 Å². The fourth-order valence-corrected chi connectivity index (χ4v) is 6.60. The molecule has 1 saturated heterocycles.